The summed E-state index contributed by atoms with van der Waals surface area (Å²) in [5.41, 5.74) is 5.51. The molecule has 0 radical (unpaired) electrons. The quantitative estimate of drug-likeness (QED) is 0.647. The van der Waals surface area contributed by atoms with Gasteiger partial charge in [-0.1, -0.05) is 6.92 Å². The van der Waals surface area contributed by atoms with Crippen LogP contribution >= 0.6 is 0 Å². The van der Waals surface area contributed by atoms with Gasteiger partial charge in [-0.25, -0.2) is 0 Å². The number of rotatable bonds is 7. The molecule has 3 heteroatoms. The van der Waals surface area contributed by atoms with Crippen molar-refractivity contribution in [3.8, 4) is 0 Å². The maximum atomic E-state index is 5.51. The second kappa shape index (κ2) is 8.04. The van der Waals surface area contributed by atoms with Crippen molar-refractivity contribution < 1.29 is 0 Å². The Bertz CT molecular complexity index is 171. The SMILES string of the molecule is CCCN1CCCC(C(C)NCCCN)C1. The van der Waals surface area contributed by atoms with Crippen molar-refractivity contribution in [1.29, 1.82) is 0 Å². The van der Waals surface area contributed by atoms with Crippen LogP contribution in [0.2, 0.25) is 0 Å². The monoisotopic (exact) mass is 227 g/mol. The Hall–Kier alpha value is -0.120. The van der Waals surface area contributed by atoms with Crippen LogP contribution in [0.25, 0.3) is 0 Å². The molecule has 1 fully saturated rings. The van der Waals surface area contributed by atoms with E-state index in [1.165, 1.54) is 38.9 Å². The van der Waals surface area contributed by atoms with E-state index >= 15 is 0 Å². The Labute approximate surface area is 101 Å². The van der Waals surface area contributed by atoms with Crippen LogP contribution in [0.15, 0.2) is 0 Å². The number of nitrogens with one attached hydrogen (secondary N) is 1. The number of piperidine rings is 1. The smallest absolute Gasteiger partial charge is 0.00792 e. The predicted molar refractivity (Wildman–Crippen MR) is 70.6 cm³/mol. The van der Waals surface area contributed by atoms with E-state index in [-0.39, 0.29) is 0 Å². The average molecular weight is 227 g/mol. The van der Waals surface area contributed by atoms with Gasteiger partial charge in [-0.05, 0) is 64.7 Å². The summed E-state index contributed by atoms with van der Waals surface area (Å²) in [6, 6.07) is 0.645. The molecule has 0 aromatic heterocycles. The molecule has 3 nitrogen and oxygen atoms in total. The van der Waals surface area contributed by atoms with Crippen LogP contribution in [0.4, 0.5) is 0 Å². The van der Waals surface area contributed by atoms with Gasteiger partial charge in [0.1, 0.15) is 0 Å². The molecule has 3 N–H and O–H groups in total. The Morgan fingerprint density at radius 3 is 3.00 bits per heavy atom. The van der Waals surface area contributed by atoms with Crippen LogP contribution in [0.5, 0.6) is 0 Å². The highest BCUT2D eigenvalue weighted by molar-refractivity contribution is 4.80. The van der Waals surface area contributed by atoms with Crippen molar-refractivity contribution in [3.63, 3.8) is 0 Å². The first kappa shape index (κ1) is 13.9. The van der Waals surface area contributed by atoms with Crippen LogP contribution in [0.1, 0.15) is 39.5 Å². The predicted octanol–water partition coefficient (Wildman–Crippen LogP) is 1.44. The molecule has 0 spiro atoms. The largest absolute Gasteiger partial charge is 0.330 e. The second-order valence-electron chi connectivity index (χ2n) is 5.09. The molecule has 1 aliphatic rings. The van der Waals surface area contributed by atoms with Gasteiger partial charge in [0.2, 0.25) is 0 Å². The third kappa shape index (κ3) is 4.81. The number of nitrogens with zero attached hydrogens (tertiary/aromatic N) is 1. The van der Waals surface area contributed by atoms with Gasteiger partial charge in [-0.2, -0.15) is 0 Å². The van der Waals surface area contributed by atoms with Crippen molar-refractivity contribution in [3.05, 3.63) is 0 Å². The van der Waals surface area contributed by atoms with Gasteiger partial charge in [0.05, 0.1) is 0 Å². The Kier molecular flexibility index (Phi) is 7.01. The molecular formula is C13H29N3. The summed E-state index contributed by atoms with van der Waals surface area (Å²) in [7, 11) is 0. The Morgan fingerprint density at radius 1 is 1.50 bits per heavy atom. The summed E-state index contributed by atoms with van der Waals surface area (Å²) >= 11 is 0. The van der Waals surface area contributed by atoms with Crippen molar-refractivity contribution in [2.24, 2.45) is 11.7 Å². The molecule has 0 bridgehead atoms. The first-order valence-electron chi connectivity index (χ1n) is 6.93. The molecule has 0 aromatic rings. The van der Waals surface area contributed by atoms with Gasteiger partial charge in [0, 0.05) is 12.6 Å². The van der Waals surface area contributed by atoms with E-state index in [2.05, 4.69) is 24.1 Å². The third-order valence-electron chi connectivity index (χ3n) is 3.64. The van der Waals surface area contributed by atoms with Crippen LogP contribution in [-0.2, 0) is 0 Å². The molecule has 1 saturated heterocycles. The summed E-state index contributed by atoms with van der Waals surface area (Å²) in [6.07, 6.45) is 5.13. The zero-order valence-corrected chi connectivity index (χ0v) is 11.0. The summed E-state index contributed by atoms with van der Waals surface area (Å²) in [6.45, 7) is 10.3. The molecule has 2 unspecified atom stereocenters. The van der Waals surface area contributed by atoms with E-state index in [1.54, 1.807) is 0 Å². The van der Waals surface area contributed by atoms with Crippen molar-refractivity contribution in [1.82, 2.24) is 10.2 Å². The first-order chi connectivity index (χ1) is 7.77. The molecule has 0 aliphatic carbocycles. The maximum Gasteiger partial charge on any atom is 0.00792 e. The van der Waals surface area contributed by atoms with Crippen molar-refractivity contribution >= 4 is 0 Å². The fourth-order valence-corrected chi connectivity index (χ4v) is 2.62. The molecule has 1 aliphatic heterocycles. The number of likely N-dealkylation sites (tertiary alicyclic amines) is 1. The second-order valence-corrected chi connectivity index (χ2v) is 5.09. The summed E-state index contributed by atoms with van der Waals surface area (Å²) in [5.74, 6) is 0.832. The van der Waals surface area contributed by atoms with Crippen molar-refractivity contribution in [2.75, 3.05) is 32.7 Å². The van der Waals surface area contributed by atoms with Crippen LogP contribution in [0.3, 0.4) is 0 Å². The lowest BCUT2D eigenvalue weighted by Crippen LogP contribution is -2.45. The van der Waals surface area contributed by atoms with E-state index in [0.29, 0.717) is 6.04 Å². The minimum Gasteiger partial charge on any atom is -0.330 e. The van der Waals surface area contributed by atoms with Gasteiger partial charge in [-0.3, -0.25) is 0 Å². The summed E-state index contributed by atoms with van der Waals surface area (Å²) < 4.78 is 0. The van der Waals surface area contributed by atoms with Crippen LogP contribution in [0, 0.1) is 5.92 Å². The summed E-state index contributed by atoms with van der Waals surface area (Å²) in [5, 5.41) is 3.61. The fourth-order valence-electron chi connectivity index (χ4n) is 2.62. The Morgan fingerprint density at radius 2 is 2.31 bits per heavy atom. The standard InChI is InChI=1S/C13H29N3/c1-3-9-16-10-4-6-13(11-16)12(2)15-8-5-7-14/h12-13,15H,3-11,14H2,1-2H3. The number of nitrogens with two attached hydrogens (primary N) is 1. The van der Waals surface area contributed by atoms with Gasteiger partial charge in [0.15, 0.2) is 0 Å². The normalized spacial score (nSPS) is 24.6. The van der Waals surface area contributed by atoms with E-state index in [0.717, 1.165) is 25.4 Å². The highest BCUT2D eigenvalue weighted by Crippen LogP contribution is 2.19. The van der Waals surface area contributed by atoms with Crippen molar-refractivity contribution in [2.45, 2.75) is 45.6 Å². The number of hydrogen-bond acceptors (Lipinski definition) is 3. The number of hydrogen-bond donors (Lipinski definition) is 2. The molecular weight excluding hydrogens is 198 g/mol. The van der Waals surface area contributed by atoms with Gasteiger partial charge in [-0.15, -0.1) is 0 Å². The fraction of sp³-hybridized carbons (Fsp3) is 1.00. The molecule has 16 heavy (non-hydrogen) atoms. The molecule has 0 saturated carbocycles. The molecule has 1 heterocycles. The van der Waals surface area contributed by atoms with E-state index in [9.17, 15) is 0 Å². The molecule has 1 rings (SSSR count). The van der Waals surface area contributed by atoms with E-state index in [1.807, 2.05) is 0 Å². The molecule has 2 atom stereocenters. The van der Waals surface area contributed by atoms with Crippen LogP contribution in [-0.4, -0.2) is 43.7 Å². The zero-order valence-electron chi connectivity index (χ0n) is 11.0. The van der Waals surface area contributed by atoms with Gasteiger partial charge < -0.3 is 16.0 Å². The van der Waals surface area contributed by atoms with E-state index < -0.39 is 0 Å². The lowest BCUT2D eigenvalue weighted by atomic mass is 9.91. The third-order valence-corrected chi connectivity index (χ3v) is 3.64. The lowest BCUT2D eigenvalue weighted by Gasteiger charge is -2.36. The van der Waals surface area contributed by atoms with Gasteiger partial charge >= 0.3 is 0 Å². The summed E-state index contributed by atoms with van der Waals surface area (Å²) in [4.78, 5) is 2.62. The topological polar surface area (TPSA) is 41.3 Å². The van der Waals surface area contributed by atoms with Crippen LogP contribution < -0.4 is 11.1 Å². The molecule has 0 aromatic carbocycles. The zero-order chi connectivity index (χ0) is 11.8. The van der Waals surface area contributed by atoms with Gasteiger partial charge in [0.25, 0.3) is 0 Å². The minimum absolute atomic E-state index is 0.645. The average Bonchev–Trinajstić information content (AvgIpc) is 2.30. The molecule has 96 valence electrons. The lowest BCUT2D eigenvalue weighted by molar-refractivity contribution is 0.151. The first-order valence-corrected chi connectivity index (χ1v) is 6.93. The minimum atomic E-state index is 0.645. The maximum absolute atomic E-state index is 5.51. The molecule has 0 amide bonds. The Balaban J connectivity index is 2.23. The highest BCUT2D eigenvalue weighted by atomic mass is 15.1. The van der Waals surface area contributed by atoms with E-state index in [4.69, 9.17) is 5.73 Å². The highest BCUT2D eigenvalue weighted by Gasteiger charge is 2.23.